The van der Waals surface area contributed by atoms with E-state index in [0.717, 1.165) is 53.3 Å². The molecule has 6 rings (SSSR count). The SMILES string of the molecule is CC(=O)On1c(=O)c(-c2cn(CCCN)c3ccc(OCc4ccccc4)cc23)nc2cc3c(cc21)CCCC3. The highest BCUT2D eigenvalue weighted by Gasteiger charge is 2.22. The number of aryl methyl sites for hydroxylation is 3. The zero-order chi connectivity index (χ0) is 27.6. The minimum Gasteiger partial charge on any atom is -0.489 e. The Labute approximate surface area is 231 Å². The van der Waals surface area contributed by atoms with Crippen molar-refractivity contribution in [2.75, 3.05) is 6.54 Å². The van der Waals surface area contributed by atoms with Crippen LogP contribution in [0.5, 0.6) is 5.75 Å². The standard InChI is InChI=1S/C32H32N4O4/c1-21(37)40-36-30-17-24-11-6-5-10-23(24)16-28(30)34-31(32(36)38)27-19-35(15-7-14-33)29-13-12-25(18-26(27)29)39-20-22-8-3-2-4-9-22/h2-4,8-9,12-13,16-19H,5-7,10-11,14-15,20,33H2,1H3. The second-order valence-corrected chi connectivity index (χ2v) is 10.3. The van der Waals surface area contributed by atoms with Crippen molar-refractivity contribution in [3.05, 3.63) is 93.9 Å². The molecule has 8 heteroatoms. The van der Waals surface area contributed by atoms with Crippen molar-refractivity contribution < 1.29 is 14.4 Å². The molecule has 2 aromatic heterocycles. The van der Waals surface area contributed by atoms with E-state index in [-0.39, 0.29) is 5.69 Å². The molecule has 1 aliphatic carbocycles. The fraction of sp³-hybridized carbons (Fsp3) is 0.281. The van der Waals surface area contributed by atoms with Gasteiger partial charge in [0.05, 0.1) is 5.52 Å². The summed E-state index contributed by atoms with van der Waals surface area (Å²) < 4.78 is 9.31. The molecule has 0 aliphatic heterocycles. The van der Waals surface area contributed by atoms with Crippen LogP contribution in [0.25, 0.3) is 33.2 Å². The van der Waals surface area contributed by atoms with Crippen molar-refractivity contribution in [3.63, 3.8) is 0 Å². The summed E-state index contributed by atoms with van der Waals surface area (Å²) in [7, 11) is 0. The van der Waals surface area contributed by atoms with Gasteiger partial charge in [0.25, 0.3) is 0 Å². The van der Waals surface area contributed by atoms with Crippen molar-refractivity contribution in [1.29, 1.82) is 0 Å². The monoisotopic (exact) mass is 536 g/mol. The van der Waals surface area contributed by atoms with Crippen LogP contribution in [0, 0.1) is 0 Å². The molecule has 2 N–H and O–H groups in total. The lowest BCUT2D eigenvalue weighted by Crippen LogP contribution is -2.32. The van der Waals surface area contributed by atoms with Crippen LogP contribution in [0.1, 0.15) is 42.9 Å². The van der Waals surface area contributed by atoms with E-state index in [1.165, 1.54) is 18.1 Å². The average molecular weight is 537 g/mol. The highest BCUT2D eigenvalue weighted by Crippen LogP contribution is 2.33. The molecule has 1 aliphatic rings. The van der Waals surface area contributed by atoms with Crippen molar-refractivity contribution >= 4 is 27.9 Å². The van der Waals surface area contributed by atoms with E-state index in [0.29, 0.717) is 42.0 Å². The van der Waals surface area contributed by atoms with Gasteiger partial charge in [-0.05, 0) is 85.7 Å². The van der Waals surface area contributed by atoms with Crippen molar-refractivity contribution in [2.24, 2.45) is 5.73 Å². The summed E-state index contributed by atoms with van der Waals surface area (Å²) in [5.74, 6) is 0.115. The summed E-state index contributed by atoms with van der Waals surface area (Å²) in [5, 5.41) is 0.832. The van der Waals surface area contributed by atoms with E-state index in [4.69, 9.17) is 20.3 Å². The predicted molar refractivity (Wildman–Crippen MR) is 155 cm³/mol. The molecule has 204 valence electrons. The lowest BCUT2D eigenvalue weighted by atomic mass is 9.91. The predicted octanol–water partition coefficient (Wildman–Crippen LogP) is 4.80. The molecule has 0 saturated carbocycles. The maximum atomic E-state index is 13.9. The Hall–Kier alpha value is -4.43. The number of hydrogen-bond acceptors (Lipinski definition) is 6. The van der Waals surface area contributed by atoms with Gasteiger partial charge in [0, 0.05) is 36.1 Å². The van der Waals surface area contributed by atoms with Crippen molar-refractivity contribution in [3.8, 4) is 17.0 Å². The molecule has 5 aromatic rings. The average Bonchev–Trinajstić information content (AvgIpc) is 3.33. The molecule has 0 spiro atoms. The van der Waals surface area contributed by atoms with Gasteiger partial charge in [0.1, 0.15) is 23.6 Å². The summed E-state index contributed by atoms with van der Waals surface area (Å²) in [4.78, 5) is 36.4. The molecule has 8 nitrogen and oxygen atoms in total. The molecule has 0 unspecified atom stereocenters. The number of fused-ring (bicyclic) bond motifs is 3. The second kappa shape index (κ2) is 11.0. The Morgan fingerprint density at radius 2 is 1.77 bits per heavy atom. The fourth-order valence-electron chi connectivity index (χ4n) is 5.52. The summed E-state index contributed by atoms with van der Waals surface area (Å²) in [5.41, 5.74) is 11.8. The Kier molecular flexibility index (Phi) is 7.09. The van der Waals surface area contributed by atoms with Crippen LogP contribution in [0.2, 0.25) is 0 Å². The van der Waals surface area contributed by atoms with Crippen molar-refractivity contribution in [2.45, 2.75) is 52.2 Å². The molecule has 40 heavy (non-hydrogen) atoms. The molecular formula is C32H32N4O4. The van der Waals surface area contributed by atoms with E-state index < -0.39 is 11.5 Å². The van der Waals surface area contributed by atoms with Gasteiger partial charge in [0.2, 0.25) is 0 Å². The maximum absolute atomic E-state index is 13.9. The topological polar surface area (TPSA) is 101 Å². The van der Waals surface area contributed by atoms with Crippen LogP contribution in [-0.2, 0) is 30.8 Å². The number of carbonyl (C=O) groups is 1. The Balaban J connectivity index is 1.52. The van der Waals surface area contributed by atoms with Gasteiger partial charge in [-0.25, -0.2) is 9.78 Å². The quantitative estimate of drug-likeness (QED) is 0.306. The van der Waals surface area contributed by atoms with E-state index in [9.17, 15) is 9.59 Å². The lowest BCUT2D eigenvalue weighted by molar-refractivity contribution is -0.141. The number of nitrogens with zero attached hydrogens (tertiary/aromatic N) is 3. The lowest BCUT2D eigenvalue weighted by Gasteiger charge is -2.18. The van der Waals surface area contributed by atoms with Gasteiger partial charge in [-0.15, -0.1) is 4.73 Å². The molecule has 0 radical (unpaired) electrons. The van der Waals surface area contributed by atoms with Crippen LogP contribution in [0.15, 0.2) is 71.7 Å². The van der Waals surface area contributed by atoms with Gasteiger partial charge in [0.15, 0.2) is 0 Å². The normalized spacial score (nSPS) is 12.9. The number of aromatic nitrogens is 3. The molecule has 0 bridgehead atoms. The minimum absolute atomic E-state index is 0.223. The Morgan fingerprint density at radius 1 is 1.00 bits per heavy atom. The molecule has 0 saturated heterocycles. The van der Waals surface area contributed by atoms with Gasteiger partial charge >= 0.3 is 11.5 Å². The van der Waals surface area contributed by atoms with E-state index in [1.54, 1.807) is 0 Å². The van der Waals surface area contributed by atoms with Gasteiger partial charge in [-0.1, -0.05) is 30.3 Å². The second-order valence-electron chi connectivity index (χ2n) is 10.3. The van der Waals surface area contributed by atoms with Gasteiger partial charge < -0.3 is 19.9 Å². The Bertz CT molecular complexity index is 1770. The first-order chi connectivity index (χ1) is 19.5. The van der Waals surface area contributed by atoms with Crippen molar-refractivity contribution in [1.82, 2.24) is 14.3 Å². The smallest absolute Gasteiger partial charge is 0.330 e. The molecular weight excluding hydrogens is 504 g/mol. The third-order valence-electron chi connectivity index (χ3n) is 7.46. The number of benzene rings is 3. The molecule has 2 heterocycles. The fourth-order valence-corrected chi connectivity index (χ4v) is 5.52. The van der Waals surface area contributed by atoms with Gasteiger partial charge in [-0.2, -0.15) is 0 Å². The molecule has 3 aromatic carbocycles. The van der Waals surface area contributed by atoms with Crippen LogP contribution in [0.3, 0.4) is 0 Å². The summed E-state index contributed by atoms with van der Waals surface area (Å²) >= 11 is 0. The third kappa shape index (κ3) is 4.98. The third-order valence-corrected chi connectivity index (χ3v) is 7.46. The van der Waals surface area contributed by atoms with Crippen LogP contribution >= 0.6 is 0 Å². The molecule has 0 fully saturated rings. The van der Waals surface area contributed by atoms with E-state index >= 15 is 0 Å². The first kappa shape index (κ1) is 25.8. The Morgan fingerprint density at radius 3 is 2.52 bits per heavy atom. The van der Waals surface area contributed by atoms with Crippen LogP contribution in [-0.4, -0.2) is 26.8 Å². The first-order valence-corrected chi connectivity index (χ1v) is 13.8. The first-order valence-electron chi connectivity index (χ1n) is 13.8. The molecule has 0 atom stereocenters. The van der Waals surface area contributed by atoms with Gasteiger partial charge in [-0.3, -0.25) is 4.79 Å². The molecule has 0 amide bonds. The largest absolute Gasteiger partial charge is 0.489 e. The minimum atomic E-state index is -0.569. The zero-order valence-electron chi connectivity index (χ0n) is 22.6. The number of ether oxygens (including phenoxy) is 1. The number of hydrogen-bond donors (Lipinski definition) is 1. The van der Waals surface area contributed by atoms with Crippen LogP contribution in [0.4, 0.5) is 0 Å². The van der Waals surface area contributed by atoms with E-state index in [1.807, 2.05) is 66.9 Å². The number of carbonyl (C=O) groups excluding carboxylic acids is 1. The summed E-state index contributed by atoms with van der Waals surface area (Å²) in [6.45, 7) is 2.96. The number of nitrogens with two attached hydrogens (primary N) is 1. The zero-order valence-corrected chi connectivity index (χ0v) is 22.6. The van der Waals surface area contributed by atoms with Crippen LogP contribution < -0.4 is 20.9 Å². The van der Waals surface area contributed by atoms with E-state index in [2.05, 4.69) is 4.57 Å². The number of rotatable bonds is 8. The maximum Gasteiger partial charge on any atom is 0.330 e. The highest BCUT2D eigenvalue weighted by molar-refractivity contribution is 5.97. The summed E-state index contributed by atoms with van der Waals surface area (Å²) in [6, 6.07) is 19.8. The highest BCUT2D eigenvalue weighted by atomic mass is 16.7. The summed E-state index contributed by atoms with van der Waals surface area (Å²) in [6.07, 6.45) is 6.84.